The molecule has 3 fully saturated rings. The highest BCUT2D eigenvalue weighted by atomic mass is 16.2. The van der Waals surface area contributed by atoms with Crippen LogP contribution in [0.15, 0.2) is 6.07 Å². The fraction of sp³-hybridized carbons (Fsp3) is 0.733. The van der Waals surface area contributed by atoms with Gasteiger partial charge in [-0.25, -0.2) is 0 Å². The molecule has 2 atom stereocenters. The van der Waals surface area contributed by atoms with Crippen molar-refractivity contribution in [2.75, 3.05) is 13.1 Å². The van der Waals surface area contributed by atoms with E-state index in [9.17, 15) is 4.79 Å². The van der Waals surface area contributed by atoms with Crippen molar-refractivity contribution in [3.8, 4) is 0 Å². The molecule has 3 aliphatic rings. The molecule has 1 saturated heterocycles. The molecule has 2 aliphatic carbocycles. The van der Waals surface area contributed by atoms with E-state index >= 15 is 0 Å². The van der Waals surface area contributed by atoms with E-state index in [0.717, 1.165) is 25.2 Å². The van der Waals surface area contributed by atoms with E-state index < -0.39 is 0 Å². The molecule has 1 aliphatic heterocycles. The van der Waals surface area contributed by atoms with Gasteiger partial charge >= 0.3 is 0 Å². The van der Waals surface area contributed by atoms with E-state index in [1.165, 1.54) is 25.0 Å². The Morgan fingerprint density at radius 2 is 2.40 bits per heavy atom. The van der Waals surface area contributed by atoms with Gasteiger partial charge in [-0.15, -0.1) is 0 Å². The highest BCUT2D eigenvalue weighted by Gasteiger charge is 2.55. The highest BCUT2D eigenvalue weighted by Crippen LogP contribution is 2.49. The number of amides is 1. The molecule has 2 saturated carbocycles. The van der Waals surface area contributed by atoms with Crippen molar-refractivity contribution in [2.45, 2.75) is 38.1 Å². The number of nitrogens with zero attached hydrogens (tertiary/aromatic N) is 2. The van der Waals surface area contributed by atoms with Crippen molar-refractivity contribution in [1.29, 1.82) is 0 Å². The quantitative estimate of drug-likeness (QED) is 0.858. The van der Waals surface area contributed by atoms with Gasteiger partial charge in [-0.05, 0) is 44.2 Å². The maximum Gasteiger partial charge on any atom is 0.228 e. The lowest BCUT2D eigenvalue weighted by atomic mass is 9.61. The second-order valence-corrected chi connectivity index (χ2v) is 6.66. The Morgan fingerprint density at radius 1 is 1.55 bits per heavy atom. The zero-order valence-corrected chi connectivity index (χ0v) is 12.0. The topological polar surface area (TPSA) is 59.0 Å². The van der Waals surface area contributed by atoms with Crippen LogP contribution in [0, 0.1) is 11.3 Å². The Morgan fingerprint density at radius 3 is 3.05 bits per heavy atom. The van der Waals surface area contributed by atoms with Gasteiger partial charge in [0.25, 0.3) is 0 Å². The molecule has 0 spiro atoms. The highest BCUT2D eigenvalue weighted by molar-refractivity contribution is 5.84. The Kier molecular flexibility index (Phi) is 2.67. The second-order valence-electron chi connectivity index (χ2n) is 6.66. The second kappa shape index (κ2) is 4.32. The molecule has 5 nitrogen and oxygen atoms in total. The average molecular weight is 274 g/mol. The zero-order chi connectivity index (χ0) is 13.7. The first-order valence-electron chi connectivity index (χ1n) is 7.71. The van der Waals surface area contributed by atoms with Crippen molar-refractivity contribution in [3.05, 3.63) is 17.5 Å². The van der Waals surface area contributed by atoms with Gasteiger partial charge in [0.05, 0.1) is 17.7 Å². The standard InChI is InChI=1S/C15H22N4O/c1-19-13(10-2-3-10)6-12(18-19)8-17-14(20)15-5-4-11(15)7-16-9-15/h6,10-11,16H,2-5,7-9H2,1H3,(H,17,20)/t11-,15-/m0/s1. The number of rotatable bonds is 4. The smallest absolute Gasteiger partial charge is 0.228 e. The summed E-state index contributed by atoms with van der Waals surface area (Å²) in [7, 11) is 2.00. The number of nitrogens with one attached hydrogen (secondary N) is 2. The summed E-state index contributed by atoms with van der Waals surface area (Å²) in [5, 5.41) is 11.0. The molecule has 2 N–H and O–H groups in total. The van der Waals surface area contributed by atoms with Gasteiger partial charge < -0.3 is 10.6 Å². The number of hydrogen-bond donors (Lipinski definition) is 2. The van der Waals surface area contributed by atoms with Crippen molar-refractivity contribution in [2.24, 2.45) is 18.4 Å². The monoisotopic (exact) mass is 274 g/mol. The summed E-state index contributed by atoms with van der Waals surface area (Å²) in [5.41, 5.74) is 2.19. The van der Waals surface area contributed by atoms with Crippen LogP contribution < -0.4 is 10.6 Å². The first-order valence-corrected chi connectivity index (χ1v) is 7.71. The Balaban J connectivity index is 1.40. The summed E-state index contributed by atoms with van der Waals surface area (Å²) in [5.74, 6) is 1.47. The molecule has 1 amide bonds. The van der Waals surface area contributed by atoms with Crippen LogP contribution in [0.4, 0.5) is 0 Å². The molecule has 0 radical (unpaired) electrons. The third-order valence-electron chi connectivity index (χ3n) is 5.40. The fourth-order valence-corrected chi connectivity index (χ4v) is 3.81. The van der Waals surface area contributed by atoms with E-state index in [2.05, 4.69) is 21.8 Å². The number of aromatic nitrogens is 2. The lowest BCUT2D eigenvalue weighted by molar-refractivity contribution is -0.138. The van der Waals surface area contributed by atoms with Gasteiger partial charge in [0.15, 0.2) is 0 Å². The molecule has 2 heterocycles. The molecule has 5 heteroatoms. The number of aryl methyl sites for hydroxylation is 1. The van der Waals surface area contributed by atoms with Crippen molar-refractivity contribution < 1.29 is 4.79 Å². The van der Waals surface area contributed by atoms with E-state index in [4.69, 9.17) is 0 Å². The number of fused-ring (bicyclic) bond motifs is 1. The minimum atomic E-state index is -0.117. The van der Waals surface area contributed by atoms with Crippen molar-refractivity contribution in [1.82, 2.24) is 20.4 Å². The normalized spacial score (nSPS) is 31.8. The van der Waals surface area contributed by atoms with Gasteiger partial charge in [0.2, 0.25) is 5.91 Å². The van der Waals surface area contributed by atoms with Crippen LogP contribution >= 0.6 is 0 Å². The van der Waals surface area contributed by atoms with E-state index in [-0.39, 0.29) is 11.3 Å². The predicted molar refractivity (Wildman–Crippen MR) is 75.1 cm³/mol. The minimum absolute atomic E-state index is 0.117. The maximum absolute atomic E-state index is 12.5. The molecule has 20 heavy (non-hydrogen) atoms. The summed E-state index contributed by atoms with van der Waals surface area (Å²) in [6.45, 7) is 2.41. The summed E-state index contributed by atoms with van der Waals surface area (Å²) in [4.78, 5) is 12.5. The molecule has 0 bridgehead atoms. The van der Waals surface area contributed by atoms with Crippen LogP contribution in [0.5, 0.6) is 0 Å². The molecule has 1 aromatic heterocycles. The van der Waals surface area contributed by atoms with Crippen LogP contribution in [0.2, 0.25) is 0 Å². The van der Waals surface area contributed by atoms with Gasteiger partial charge in [-0.1, -0.05) is 0 Å². The third kappa shape index (κ3) is 1.79. The van der Waals surface area contributed by atoms with Crippen LogP contribution in [-0.4, -0.2) is 28.8 Å². The lowest BCUT2D eigenvalue weighted by Gasteiger charge is -2.42. The van der Waals surface area contributed by atoms with Gasteiger partial charge in [0.1, 0.15) is 0 Å². The van der Waals surface area contributed by atoms with Crippen LogP contribution in [0.3, 0.4) is 0 Å². The van der Waals surface area contributed by atoms with Gasteiger partial charge in [0, 0.05) is 25.2 Å². The summed E-state index contributed by atoms with van der Waals surface area (Å²) in [6.07, 6.45) is 4.78. The van der Waals surface area contributed by atoms with E-state index in [1.54, 1.807) is 0 Å². The summed E-state index contributed by atoms with van der Waals surface area (Å²) < 4.78 is 1.97. The zero-order valence-electron chi connectivity index (χ0n) is 12.0. The first-order chi connectivity index (χ1) is 9.69. The van der Waals surface area contributed by atoms with Crippen LogP contribution in [0.25, 0.3) is 0 Å². The lowest BCUT2D eigenvalue weighted by Crippen LogP contribution is -2.51. The Labute approximate surface area is 119 Å². The average Bonchev–Trinajstić information content (AvgIpc) is 3.12. The largest absolute Gasteiger partial charge is 0.350 e. The van der Waals surface area contributed by atoms with Gasteiger partial charge in [-0.2, -0.15) is 5.10 Å². The minimum Gasteiger partial charge on any atom is -0.350 e. The van der Waals surface area contributed by atoms with Crippen molar-refractivity contribution >= 4 is 5.91 Å². The molecule has 0 aromatic carbocycles. The molecule has 4 rings (SSSR count). The summed E-state index contributed by atoms with van der Waals surface area (Å²) in [6, 6.07) is 2.15. The molecule has 0 unspecified atom stereocenters. The number of carbonyl (C=O) groups is 1. The molecule has 108 valence electrons. The van der Waals surface area contributed by atoms with E-state index in [0.29, 0.717) is 18.4 Å². The first kappa shape index (κ1) is 12.4. The fourth-order valence-electron chi connectivity index (χ4n) is 3.81. The number of carbonyl (C=O) groups excluding carboxylic acids is 1. The molecular weight excluding hydrogens is 252 g/mol. The van der Waals surface area contributed by atoms with Crippen LogP contribution in [-0.2, 0) is 18.4 Å². The summed E-state index contributed by atoms with van der Waals surface area (Å²) >= 11 is 0. The van der Waals surface area contributed by atoms with Crippen LogP contribution in [0.1, 0.15) is 43.0 Å². The molecular formula is C15H22N4O. The third-order valence-corrected chi connectivity index (χ3v) is 5.40. The maximum atomic E-state index is 12.5. The van der Waals surface area contributed by atoms with E-state index in [1.807, 2.05) is 11.7 Å². The molecule has 1 aromatic rings. The Bertz CT molecular complexity index is 548. The van der Waals surface area contributed by atoms with Gasteiger partial charge in [-0.3, -0.25) is 9.48 Å². The Hall–Kier alpha value is -1.36. The predicted octanol–water partition coefficient (Wildman–Crippen LogP) is 0.913. The van der Waals surface area contributed by atoms with Crippen molar-refractivity contribution in [3.63, 3.8) is 0 Å². The SMILES string of the molecule is Cn1nc(CNC(=O)[C@]23CC[C@H]2CNC3)cc1C1CC1. The number of hydrogen-bond acceptors (Lipinski definition) is 3.